The fourth-order valence-corrected chi connectivity index (χ4v) is 4.51. The fourth-order valence-electron chi connectivity index (χ4n) is 3.30. The Hall–Kier alpha value is -2.61. The molecular weight excluding hydrogens is 446 g/mol. The number of methoxy groups -OCH3 is 2. The van der Waals surface area contributed by atoms with Crippen LogP contribution < -0.4 is 14.4 Å². The molecule has 0 bridgehead atoms. The minimum atomic E-state index is -0.143. The summed E-state index contributed by atoms with van der Waals surface area (Å²) in [5.41, 5.74) is 1.56. The van der Waals surface area contributed by atoms with Gasteiger partial charge in [0.05, 0.1) is 24.4 Å². The minimum absolute atomic E-state index is 0.143. The zero-order chi connectivity index (χ0) is 23.1. The lowest BCUT2D eigenvalue weighted by molar-refractivity contribution is -0.114. The van der Waals surface area contributed by atoms with E-state index in [4.69, 9.17) is 26.1 Å². The van der Waals surface area contributed by atoms with Crippen molar-refractivity contribution in [1.82, 2.24) is 9.88 Å². The number of likely N-dealkylation sites (N-methyl/N-ethyl adjacent to an activating group) is 1. The topological polar surface area (TPSA) is 54.9 Å². The van der Waals surface area contributed by atoms with Crippen molar-refractivity contribution in [2.24, 2.45) is 0 Å². The van der Waals surface area contributed by atoms with Crippen LogP contribution in [0.3, 0.4) is 0 Å². The van der Waals surface area contributed by atoms with Crippen molar-refractivity contribution in [3.8, 4) is 11.5 Å². The van der Waals surface area contributed by atoms with Crippen molar-refractivity contribution in [2.75, 3.05) is 45.3 Å². The van der Waals surface area contributed by atoms with Crippen LogP contribution >= 0.6 is 22.9 Å². The number of carbonyl (C=O) groups is 1. The first-order valence-corrected chi connectivity index (χ1v) is 11.7. The SMILES string of the molecule is CCN(CC)CCN(C(=O)/C=C/c1ccccc1Cl)c1nc2cc(OC)c(OC)cc2s1. The van der Waals surface area contributed by atoms with Crippen LogP contribution in [-0.2, 0) is 4.79 Å². The quantitative estimate of drug-likeness (QED) is 0.371. The summed E-state index contributed by atoms with van der Waals surface area (Å²) in [5.74, 6) is 1.10. The molecular formula is C24H28ClN3O3S. The van der Waals surface area contributed by atoms with Gasteiger partial charge in [-0.05, 0) is 30.8 Å². The first-order valence-electron chi connectivity index (χ1n) is 10.5. The van der Waals surface area contributed by atoms with Gasteiger partial charge in [-0.25, -0.2) is 4.98 Å². The molecule has 0 unspecified atom stereocenters. The summed E-state index contributed by atoms with van der Waals surface area (Å²) in [6, 6.07) is 11.2. The molecule has 0 radical (unpaired) electrons. The standard InChI is InChI=1S/C24H28ClN3O3S/c1-5-27(6-2)13-14-28(23(29)12-11-17-9-7-8-10-18(17)25)24-26-19-15-20(30-3)21(31-4)16-22(19)32-24/h7-12,15-16H,5-6,13-14H2,1-4H3/b12-11+. The number of fused-ring (bicyclic) bond motifs is 1. The molecule has 32 heavy (non-hydrogen) atoms. The molecule has 1 heterocycles. The maximum Gasteiger partial charge on any atom is 0.252 e. The number of rotatable bonds is 10. The van der Waals surface area contributed by atoms with Crippen LogP contribution in [0.15, 0.2) is 42.5 Å². The van der Waals surface area contributed by atoms with E-state index in [0.29, 0.717) is 28.2 Å². The van der Waals surface area contributed by atoms with Gasteiger partial charge in [-0.2, -0.15) is 0 Å². The van der Waals surface area contributed by atoms with E-state index in [0.717, 1.165) is 35.4 Å². The molecule has 0 aliphatic carbocycles. The molecule has 0 N–H and O–H groups in total. The third-order valence-electron chi connectivity index (χ3n) is 5.22. The van der Waals surface area contributed by atoms with Crippen molar-refractivity contribution >= 4 is 50.3 Å². The molecule has 0 saturated carbocycles. The van der Waals surface area contributed by atoms with Gasteiger partial charge in [0.2, 0.25) is 0 Å². The summed E-state index contributed by atoms with van der Waals surface area (Å²) >= 11 is 7.69. The number of ether oxygens (including phenoxy) is 2. The number of hydrogen-bond acceptors (Lipinski definition) is 6. The van der Waals surface area contributed by atoms with Gasteiger partial charge < -0.3 is 14.4 Å². The van der Waals surface area contributed by atoms with Crippen LogP contribution in [0.25, 0.3) is 16.3 Å². The van der Waals surface area contributed by atoms with Crippen molar-refractivity contribution < 1.29 is 14.3 Å². The maximum atomic E-state index is 13.2. The Balaban J connectivity index is 1.94. The average Bonchev–Trinajstić information content (AvgIpc) is 3.22. The summed E-state index contributed by atoms with van der Waals surface area (Å²) in [7, 11) is 3.20. The van der Waals surface area contributed by atoms with Gasteiger partial charge in [0, 0.05) is 36.3 Å². The normalized spacial score (nSPS) is 11.4. The Bertz CT molecular complexity index is 1050. The van der Waals surface area contributed by atoms with E-state index >= 15 is 0 Å². The molecule has 1 amide bonds. The Labute approximate surface area is 198 Å². The molecule has 0 fully saturated rings. The van der Waals surface area contributed by atoms with Crippen molar-refractivity contribution in [3.05, 3.63) is 53.1 Å². The Morgan fingerprint density at radius 2 is 1.78 bits per heavy atom. The second kappa shape index (κ2) is 11.3. The van der Waals surface area contributed by atoms with Crippen molar-refractivity contribution in [1.29, 1.82) is 0 Å². The highest BCUT2D eigenvalue weighted by atomic mass is 35.5. The van der Waals surface area contributed by atoms with E-state index in [1.165, 1.54) is 11.3 Å². The summed E-state index contributed by atoms with van der Waals surface area (Å²) in [5, 5.41) is 1.24. The van der Waals surface area contributed by atoms with E-state index in [2.05, 4.69) is 18.7 Å². The van der Waals surface area contributed by atoms with Gasteiger partial charge in [-0.1, -0.05) is 55.0 Å². The molecule has 0 aliphatic rings. The first kappa shape index (κ1) is 24.0. The van der Waals surface area contributed by atoms with Crippen LogP contribution in [0.5, 0.6) is 11.5 Å². The van der Waals surface area contributed by atoms with Gasteiger partial charge in [-0.15, -0.1) is 0 Å². The Morgan fingerprint density at radius 3 is 2.44 bits per heavy atom. The highest BCUT2D eigenvalue weighted by Gasteiger charge is 2.20. The summed E-state index contributed by atoms with van der Waals surface area (Å²) in [4.78, 5) is 22.0. The second-order valence-electron chi connectivity index (χ2n) is 7.04. The lowest BCUT2D eigenvalue weighted by Crippen LogP contribution is -2.38. The number of nitrogens with zero attached hydrogens (tertiary/aromatic N) is 3. The van der Waals surface area contributed by atoms with E-state index in [9.17, 15) is 4.79 Å². The largest absolute Gasteiger partial charge is 0.493 e. The van der Waals surface area contributed by atoms with E-state index in [-0.39, 0.29) is 5.91 Å². The van der Waals surface area contributed by atoms with Crippen LogP contribution in [-0.4, -0.2) is 56.2 Å². The molecule has 1 aromatic heterocycles. The van der Waals surface area contributed by atoms with Gasteiger partial charge in [-0.3, -0.25) is 9.69 Å². The number of halogens is 1. The highest BCUT2D eigenvalue weighted by Crippen LogP contribution is 2.37. The van der Waals surface area contributed by atoms with Gasteiger partial charge in [0.1, 0.15) is 0 Å². The average molecular weight is 474 g/mol. The summed E-state index contributed by atoms with van der Waals surface area (Å²) in [6.45, 7) is 7.35. The Kier molecular flexibility index (Phi) is 8.50. The molecule has 3 rings (SSSR count). The fraction of sp³-hybridized carbons (Fsp3) is 0.333. The molecule has 170 valence electrons. The minimum Gasteiger partial charge on any atom is -0.493 e. The third kappa shape index (κ3) is 5.59. The number of benzene rings is 2. The summed E-state index contributed by atoms with van der Waals surface area (Å²) < 4.78 is 11.7. The van der Waals surface area contributed by atoms with Crippen LogP contribution in [0.2, 0.25) is 5.02 Å². The number of anilines is 1. The third-order valence-corrected chi connectivity index (χ3v) is 6.61. The first-order chi connectivity index (χ1) is 15.5. The molecule has 0 saturated heterocycles. The van der Waals surface area contributed by atoms with Crippen molar-refractivity contribution in [2.45, 2.75) is 13.8 Å². The van der Waals surface area contributed by atoms with Crippen LogP contribution in [0, 0.1) is 0 Å². The molecule has 3 aromatic rings. The highest BCUT2D eigenvalue weighted by molar-refractivity contribution is 7.22. The predicted octanol–water partition coefficient (Wildman–Crippen LogP) is 5.36. The lowest BCUT2D eigenvalue weighted by Gasteiger charge is -2.23. The zero-order valence-corrected chi connectivity index (χ0v) is 20.4. The predicted molar refractivity (Wildman–Crippen MR) is 133 cm³/mol. The van der Waals surface area contributed by atoms with Crippen LogP contribution in [0.4, 0.5) is 5.13 Å². The number of aromatic nitrogens is 1. The monoisotopic (exact) mass is 473 g/mol. The molecule has 2 aromatic carbocycles. The van der Waals surface area contributed by atoms with E-state index in [1.54, 1.807) is 37.3 Å². The number of carbonyl (C=O) groups excluding carboxylic acids is 1. The van der Waals surface area contributed by atoms with Crippen LogP contribution in [0.1, 0.15) is 19.4 Å². The van der Waals surface area contributed by atoms with Crippen molar-refractivity contribution in [3.63, 3.8) is 0 Å². The molecule has 0 spiro atoms. The van der Waals surface area contributed by atoms with E-state index in [1.807, 2.05) is 30.3 Å². The molecule has 0 atom stereocenters. The lowest BCUT2D eigenvalue weighted by atomic mass is 10.2. The van der Waals surface area contributed by atoms with Gasteiger partial charge >= 0.3 is 0 Å². The molecule has 6 nitrogen and oxygen atoms in total. The number of hydrogen-bond donors (Lipinski definition) is 0. The summed E-state index contributed by atoms with van der Waals surface area (Å²) in [6.07, 6.45) is 3.30. The van der Waals surface area contributed by atoms with E-state index < -0.39 is 0 Å². The Morgan fingerprint density at radius 1 is 1.09 bits per heavy atom. The molecule has 0 aliphatic heterocycles. The second-order valence-corrected chi connectivity index (χ2v) is 8.46. The van der Waals surface area contributed by atoms with Gasteiger partial charge in [0.15, 0.2) is 16.6 Å². The number of amides is 1. The smallest absolute Gasteiger partial charge is 0.252 e. The molecule has 8 heteroatoms. The van der Waals surface area contributed by atoms with Gasteiger partial charge in [0.25, 0.3) is 5.91 Å². The number of thiazole rings is 1. The zero-order valence-electron chi connectivity index (χ0n) is 18.8. The maximum absolute atomic E-state index is 13.2.